The van der Waals surface area contributed by atoms with Crippen LogP contribution in [0.2, 0.25) is 0 Å². The van der Waals surface area contributed by atoms with Crippen LogP contribution in [0.1, 0.15) is 49.4 Å². The summed E-state index contributed by atoms with van der Waals surface area (Å²) in [4.78, 5) is 10.2. The Hall–Kier alpha value is -2.81. The first kappa shape index (κ1) is 28.7. The standard InChI is InChI=1S/C30H37N5O3S2/c1-20(2)38-28-11-8-21(16-22(28)17-31)30-32-18-29(39-30)26-7-5-6-25-24(26)9-10-27(25)33-40(36,37)15-14-35-13-12-23(19-35)34(3)4/h5-8,11,16,18,20,23,27,33H,9-10,12-15,19H2,1-4H3/t23-,27-/m1/s1. The largest absolute Gasteiger partial charge is 0.490 e. The smallest absolute Gasteiger partial charge is 0.213 e. The number of nitrogens with zero attached hydrogens (tertiary/aromatic N) is 4. The fourth-order valence-electron chi connectivity index (χ4n) is 5.61. The van der Waals surface area contributed by atoms with Crippen molar-refractivity contribution in [3.05, 3.63) is 59.3 Å². The number of likely N-dealkylation sites (tertiary alicyclic amines) is 1. The first-order valence-electron chi connectivity index (χ1n) is 13.8. The van der Waals surface area contributed by atoms with Crippen molar-refractivity contribution in [1.82, 2.24) is 19.5 Å². The van der Waals surface area contributed by atoms with E-state index in [0.29, 0.717) is 23.9 Å². The molecule has 0 spiro atoms. The molecule has 0 unspecified atom stereocenters. The fraction of sp³-hybridized carbons (Fsp3) is 0.467. The molecule has 40 heavy (non-hydrogen) atoms. The molecule has 2 aliphatic rings. The van der Waals surface area contributed by atoms with E-state index in [1.54, 1.807) is 11.3 Å². The minimum absolute atomic E-state index is 0.0150. The molecular weight excluding hydrogens is 542 g/mol. The molecule has 2 heterocycles. The van der Waals surface area contributed by atoms with Gasteiger partial charge in [-0.3, -0.25) is 0 Å². The van der Waals surface area contributed by atoms with Crippen LogP contribution >= 0.6 is 11.3 Å². The van der Waals surface area contributed by atoms with Gasteiger partial charge in [0.25, 0.3) is 0 Å². The monoisotopic (exact) mass is 579 g/mol. The van der Waals surface area contributed by atoms with Crippen LogP contribution in [0, 0.1) is 11.3 Å². The summed E-state index contributed by atoms with van der Waals surface area (Å²) in [6.07, 6.45) is 4.48. The molecule has 0 saturated carbocycles. The summed E-state index contributed by atoms with van der Waals surface area (Å²) in [5.41, 5.74) is 4.68. The van der Waals surface area contributed by atoms with Gasteiger partial charge in [-0.1, -0.05) is 18.2 Å². The highest BCUT2D eigenvalue weighted by Gasteiger charge is 2.30. The number of benzene rings is 2. The topological polar surface area (TPSA) is 98.6 Å². The van der Waals surface area contributed by atoms with Crippen molar-refractivity contribution in [2.24, 2.45) is 0 Å². The predicted molar refractivity (Wildman–Crippen MR) is 160 cm³/mol. The first-order valence-corrected chi connectivity index (χ1v) is 16.3. The zero-order valence-electron chi connectivity index (χ0n) is 23.6. The number of ether oxygens (including phenoxy) is 1. The molecule has 1 aliphatic heterocycles. The van der Waals surface area contributed by atoms with E-state index in [-0.39, 0.29) is 17.9 Å². The SMILES string of the molecule is CC(C)Oc1ccc(-c2ncc(-c3cccc4c3CC[C@H]4NS(=O)(=O)CCN3CC[C@@H](N(C)C)C3)s2)cc1C#N. The summed E-state index contributed by atoms with van der Waals surface area (Å²) in [6, 6.07) is 14.2. The molecule has 2 aromatic carbocycles. The summed E-state index contributed by atoms with van der Waals surface area (Å²) < 4.78 is 34.8. The van der Waals surface area contributed by atoms with E-state index in [9.17, 15) is 13.7 Å². The molecule has 212 valence electrons. The van der Waals surface area contributed by atoms with Crippen molar-refractivity contribution in [3.8, 4) is 32.8 Å². The second-order valence-electron chi connectivity index (χ2n) is 11.1. The van der Waals surface area contributed by atoms with E-state index in [4.69, 9.17) is 4.74 Å². The molecular formula is C30H37N5O3S2. The summed E-state index contributed by atoms with van der Waals surface area (Å²) in [7, 11) is 0.748. The van der Waals surface area contributed by atoms with Gasteiger partial charge >= 0.3 is 0 Å². The minimum atomic E-state index is -3.41. The lowest BCUT2D eigenvalue weighted by Gasteiger charge is -2.21. The van der Waals surface area contributed by atoms with E-state index >= 15 is 0 Å². The van der Waals surface area contributed by atoms with Crippen molar-refractivity contribution in [2.75, 3.05) is 39.5 Å². The number of hydrogen-bond donors (Lipinski definition) is 1. The Morgan fingerprint density at radius 1 is 1.25 bits per heavy atom. The van der Waals surface area contributed by atoms with Crippen LogP contribution in [-0.4, -0.2) is 74.8 Å². The highest BCUT2D eigenvalue weighted by Crippen LogP contribution is 2.41. The Morgan fingerprint density at radius 2 is 2.08 bits per heavy atom. The van der Waals surface area contributed by atoms with Gasteiger partial charge in [-0.2, -0.15) is 5.26 Å². The van der Waals surface area contributed by atoms with Gasteiger partial charge in [0.15, 0.2) is 0 Å². The first-order chi connectivity index (χ1) is 19.1. The van der Waals surface area contributed by atoms with E-state index in [0.717, 1.165) is 58.9 Å². The van der Waals surface area contributed by atoms with Crippen molar-refractivity contribution in [3.63, 3.8) is 0 Å². The number of fused-ring (bicyclic) bond motifs is 1. The Kier molecular flexibility index (Phi) is 8.59. The maximum Gasteiger partial charge on any atom is 0.213 e. The van der Waals surface area contributed by atoms with Crippen molar-refractivity contribution in [2.45, 2.75) is 51.3 Å². The summed E-state index contributed by atoms with van der Waals surface area (Å²) >= 11 is 1.57. The van der Waals surface area contributed by atoms with Gasteiger partial charge in [-0.25, -0.2) is 18.1 Å². The van der Waals surface area contributed by atoms with Crippen molar-refractivity contribution < 1.29 is 13.2 Å². The number of aromatic nitrogens is 1. The highest BCUT2D eigenvalue weighted by atomic mass is 32.2. The number of rotatable bonds is 10. The fourth-order valence-corrected chi connectivity index (χ4v) is 7.87. The number of nitrogens with one attached hydrogen (secondary N) is 1. The van der Waals surface area contributed by atoms with Crippen LogP contribution < -0.4 is 9.46 Å². The molecule has 2 atom stereocenters. The van der Waals surface area contributed by atoms with E-state index in [1.165, 1.54) is 5.56 Å². The van der Waals surface area contributed by atoms with Gasteiger partial charge < -0.3 is 14.5 Å². The lowest BCUT2D eigenvalue weighted by Crippen LogP contribution is -2.37. The van der Waals surface area contributed by atoms with Crippen LogP contribution in [0.15, 0.2) is 42.6 Å². The van der Waals surface area contributed by atoms with Gasteiger partial charge in [-0.05, 0) is 88.6 Å². The third-order valence-corrected chi connectivity index (χ3v) is 10.2. The molecule has 3 aromatic rings. The zero-order valence-corrected chi connectivity index (χ0v) is 25.2. The van der Waals surface area contributed by atoms with Gasteiger partial charge in [-0.15, -0.1) is 11.3 Å². The van der Waals surface area contributed by atoms with Gasteiger partial charge in [0.1, 0.15) is 16.8 Å². The zero-order chi connectivity index (χ0) is 28.4. The lowest BCUT2D eigenvalue weighted by atomic mass is 10.0. The predicted octanol–water partition coefficient (Wildman–Crippen LogP) is 4.68. The van der Waals surface area contributed by atoms with E-state index < -0.39 is 10.0 Å². The third kappa shape index (κ3) is 6.40. The van der Waals surface area contributed by atoms with E-state index in [1.807, 2.05) is 50.4 Å². The minimum Gasteiger partial charge on any atom is -0.490 e. The average molecular weight is 580 g/mol. The van der Waals surface area contributed by atoms with Crippen LogP contribution in [0.3, 0.4) is 0 Å². The molecule has 1 aromatic heterocycles. The summed E-state index contributed by atoms with van der Waals surface area (Å²) in [5.74, 6) is 0.688. The quantitative estimate of drug-likeness (QED) is 0.372. The molecule has 1 saturated heterocycles. The molecule has 1 aliphatic carbocycles. The Bertz CT molecular complexity index is 1510. The van der Waals surface area contributed by atoms with Crippen molar-refractivity contribution in [1.29, 1.82) is 5.26 Å². The van der Waals surface area contributed by atoms with Gasteiger partial charge in [0.05, 0.1) is 22.3 Å². The molecule has 1 fully saturated rings. The number of nitriles is 1. The molecule has 5 rings (SSSR count). The number of sulfonamides is 1. The second-order valence-corrected chi connectivity index (χ2v) is 14.0. The van der Waals surface area contributed by atoms with E-state index in [2.05, 4.69) is 45.7 Å². The van der Waals surface area contributed by atoms with Gasteiger partial charge in [0.2, 0.25) is 10.0 Å². The Labute approximate surface area is 241 Å². The van der Waals surface area contributed by atoms with Crippen LogP contribution in [0.25, 0.3) is 21.0 Å². The molecule has 10 heteroatoms. The Balaban J connectivity index is 1.29. The van der Waals surface area contributed by atoms with Crippen molar-refractivity contribution >= 4 is 21.4 Å². The van der Waals surface area contributed by atoms with Crippen LogP contribution in [0.5, 0.6) is 5.75 Å². The Morgan fingerprint density at radius 3 is 2.80 bits per heavy atom. The molecule has 8 nitrogen and oxygen atoms in total. The molecule has 0 radical (unpaired) electrons. The lowest BCUT2D eigenvalue weighted by molar-refractivity contribution is 0.242. The van der Waals surface area contributed by atoms with Gasteiger partial charge in [0, 0.05) is 36.9 Å². The van der Waals surface area contributed by atoms with Crippen LogP contribution in [-0.2, 0) is 16.4 Å². The summed E-state index contributed by atoms with van der Waals surface area (Å²) in [6.45, 7) is 6.29. The molecule has 0 bridgehead atoms. The number of thiazole rings is 1. The summed E-state index contributed by atoms with van der Waals surface area (Å²) in [5, 5.41) is 10.4. The molecule has 1 N–H and O–H groups in total. The van der Waals surface area contributed by atoms with Crippen LogP contribution in [0.4, 0.5) is 0 Å². The average Bonchev–Trinajstić information content (AvgIpc) is 3.68. The maximum atomic E-state index is 13.0. The number of likely N-dealkylation sites (N-methyl/N-ethyl adjacent to an activating group) is 1. The normalized spacial score (nSPS) is 19.3. The molecule has 0 amide bonds. The second kappa shape index (κ2) is 12.0. The number of hydrogen-bond acceptors (Lipinski definition) is 8. The maximum absolute atomic E-state index is 13.0. The highest BCUT2D eigenvalue weighted by molar-refractivity contribution is 7.89. The third-order valence-electron chi connectivity index (χ3n) is 7.73.